The number of rotatable bonds is 4. The molecule has 0 aromatic heterocycles. The molecule has 4 nitrogen and oxygen atoms in total. The van der Waals surface area contributed by atoms with Gasteiger partial charge in [0.2, 0.25) is 0 Å². The number of hydrogen-bond donors (Lipinski definition) is 1. The molecule has 0 radical (unpaired) electrons. The summed E-state index contributed by atoms with van der Waals surface area (Å²) in [4.78, 5) is 11.2. The van der Waals surface area contributed by atoms with Crippen LogP contribution < -0.4 is 5.32 Å². The summed E-state index contributed by atoms with van der Waals surface area (Å²) >= 11 is 0. The Hall–Kier alpha value is -1.14. The molecular weight excluding hydrogens is 293 g/mol. The van der Waals surface area contributed by atoms with Gasteiger partial charge in [-0.3, -0.25) is 4.79 Å². The van der Waals surface area contributed by atoms with E-state index in [0.717, 1.165) is 25.0 Å². The second-order valence-corrected chi connectivity index (χ2v) is 7.61. The van der Waals surface area contributed by atoms with Crippen LogP contribution in [0.1, 0.15) is 30.1 Å². The first kappa shape index (κ1) is 14.3. The topological polar surface area (TPSA) is 63.2 Å². The lowest BCUT2D eigenvalue weighted by molar-refractivity contribution is 0.0946. The van der Waals surface area contributed by atoms with Crippen molar-refractivity contribution in [3.8, 4) is 0 Å². The van der Waals surface area contributed by atoms with Crippen LogP contribution in [-0.2, 0) is 9.05 Å². The Morgan fingerprint density at radius 3 is 2.63 bits per heavy atom. The molecule has 0 unspecified atom stereocenters. The molecule has 1 saturated carbocycles. The van der Waals surface area contributed by atoms with E-state index in [1.54, 1.807) is 0 Å². The highest BCUT2D eigenvalue weighted by atomic mass is 35.7. The minimum Gasteiger partial charge on any atom is -0.351 e. The summed E-state index contributed by atoms with van der Waals surface area (Å²) in [5.74, 6) is -1.41. The van der Waals surface area contributed by atoms with Gasteiger partial charge in [-0.2, -0.15) is 0 Å². The fraction of sp³-hybridized carbons (Fsp3) is 0.417. The van der Waals surface area contributed by atoms with Gasteiger partial charge in [0.15, 0.2) is 0 Å². The van der Waals surface area contributed by atoms with Gasteiger partial charge in [0.25, 0.3) is 15.0 Å². The lowest BCUT2D eigenvalue weighted by atomic mass is 10.1. The highest BCUT2D eigenvalue weighted by Gasteiger charge is 2.37. The van der Waals surface area contributed by atoms with Crippen LogP contribution in [0.2, 0.25) is 0 Å². The number of carbonyl (C=O) groups is 1. The van der Waals surface area contributed by atoms with Crippen LogP contribution in [0.4, 0.5) is 4.39 Å². The van der Waals surface area contributed by atoms with Crippen LogP contribution in [0.5, 0.6) is 0 Å². The molecule has 0 atom stereocenters. The fourth-order valence-corrected chi connectivity index (χ4v) is 2.54. The third kappa shape index (κ3) is 3.45. The lowest BCUT2D eigenvalue weighted by Crippen LogP contribution is -2.29. The number of carbonyl (C=O) groups excluding carboxylic acids is 1. The first-order chi connectivity index (χ1) is 8.71. The average Bonchev–Trinajstić information content (AvgIpc) is 3.04. The third-order valence-electron chi connectivity index (χ3n) is 3.24. The predicted octanol–water partition coefficient (Wildman–Crippen LogP) is 2.28. The first-order valence-corrected chi connectivity index (χ1v) is 8.05. The Kier molecular flexibility index (Phi) is 3.57. The fourth-order valence-electron chi connectivity index (χ4n) is 1.62. The van der Waals surface area contributed by atoms with Gasteiger partial charge in [-0.05, 0) is 36.5 Å². The van der Waals surface area contributed by atoms with Crippen molar-refractivity contribution in [2.24, 2.45) is 5.41 Å². The van der Waals surface area contributed by atoms with Crippen molar-refractivity contribution >= 4 is 25.6 Å². The van der Waals surface area contributed by atoms with E-state index in [4.69, 9.17) is 10.7 Å². The summed E-state index contributed by atoms with van der Waals surface area (Å²) in [6.07, 6.45) is 2.11. The van der Waals surface area contributed by atoms with Crippen LogP contribution in [0.3, 0.4) is 0 Å². The van der Waals surface area contributed by atoms with Crippen molar-refractivity contribution in [3.05, 3.63) is 29.6 Å². The molecule has 1 aliphatic carbocycles. The largest absolute Gasteiger partial charge is 0.351 e. The summed E-state index contributed by atoms with van der Waals surface area (Å²) in [5, 5.41) is 2.70. The van der Waals surface area contributed by atoms with Gasteiger partial charge in [0, 0.05) is 22.8 Å². The maximum Gasteiger partial charge on any atom is 0.264 e. The zero-order valence-corrected chi connectivity index (χ0v) is 11.8. The number of halogens is 2. The van der Waals surface area contributed by atoms with Crippen molar-refractivity contribution in [2.75, 3.05) is 6.54 Å². The number of nitrogens with one attached hydrogen (secondary N) is 1. The van der Waals surface area contributed by atoms with Gasteiger partial charge in [-0.15, -0.1) is 0 Å². The van der Waals surface area contributed by atoms with Gasteiger partial charge in [-0.25, -0.2) is 12.8 Å². The number of amides is 1. The van der Waals surface area contributed by atoms with Gasteiger partial charge in [-0.1, -0.05) is 6.92 Å². The molecule has 1 N–H and O–H groups in total. The monoisotopic (exact) mass is 305 g/mol. The molecule has 19 heavy (non-hydrogen) atoms. The zero-order chi connectivity index (χ0) is 14.3. The normalized spacial score (nSPS) is 17.0. The van der Waals surface area contributed by atoms with Crippen molar-refractivity contribution in [2.45, 2.75) is 24.7 Å². The standard InChI is InChI=1S/C12H13ClFNO3S/c1-12(4-5-12)7-15-11(16)8-2-3-9(14)10(6-8)19(13,17)18/h2-3,6H,4-5,7H2,1H3,(H,15,16). The second-order valence-electron chi connectivity index (χ2n) is 5.08. The van der Waals surface area contributed by atoms with Crippen LogP contribution in [0, 0.1) is 11.2 Å². The summed E-state index contributed by atoms with van der Waals surface area (Å²) in [6.45, 7) is 2.57. The molecule has 7 heteroatoms. The van der Waals surface area contributed by atoms with Crippen LogP contribution in [-0.4, -0.2) is 20.9 Å². The van der Waals surface area contributed by atoms with Crippen LogP contribution in [0.25, 0.3) is 0 Å². The molecule has 1 aromatic rings. The van der Waals surface area contributed by atoms with Gasteiger partial charge in [0.1, 0.15) is 10.7 Å². The summed E-state index contributed by atoms with van der Waals surface area (Å²) in [6, 6.07) is 3.09. The summed E-state index contributed by atoms with van der Waals surface area (Å²) in [5.41, 5.74) is 0.210. The molecule has 1 aliphatic rings. The molecule has 1 fully saturated rings. The Morgan fingerprint density at radius 1 is 1.47 bits per heavy atom. The number of benzene rings is 1. The van der Waals surface area contributed by atoms with Crippen molar-refractivity contribution < 1.29 is 17.6 Å². The highest BCUT2D eigenvalue weighted by Crippen LogP contribution is 2.44. The molecule has 0 spiro atoms. The Bertz CT molecular complexity index is 626. The molecule has 1 amide bonds. The predicted molar refractivity (Wildman–Crippen MR) is 69.1 cm³/mol. The van der Waals surface area contributed by atoms with E-state index in [1.807, 2.05) is 6.92 Å². The SMILES string of the molecule is CC1(CNC(=O)c2ccc(F)c(S(=O)(=O)Cl)c2)CC1. The van der Waals surface area contributed by atoms with E-state index in [9.17, 15) is 17.6 Å². The molecule has 0 heterocycles. The van der Waals surface area contributed by atoms with Gasteiger partial charge >= 0.3 is 0 Å². The first-order valence-electron chi connectivity index (χ1n) is 5.74. The number of hydrogen-bond acceptors (Lipinski definition) is 3. The minimum absolute atomic E-state index is 0.0740. The van der Waals surface area contributed by atoms with Crippen LogP contribution in [0.15, 0.2) is 23.1 Å². The molecule has 0 aliphatic heterocycles. The van der Waals surface area contributed by atoms with E-state index in [2.05, 4.69) is 5.32 Å². The summed E-state index contributed by atoms with van der Waals surface area (Å²) in [7, 11) is 0.897. The van der Waals surface area contributed by atoms with E-state index in [-0.39, 0.29) is 11.0 Å². The molecule has 0 bridgehead atoms. The molecule has 2 rings (SSSR count). The van der Waals surface area contributed by atoms with Crippen molar-refractivity contribution in [3.63, 3.8) is 0 Å². The maximum absolute atomic E-state index is 13.3. The van der Waals surface area contributed by atoms with Crippen molar-refractivity contribution in [1.82, 2.24) is 5.32 Å². The van der Waals surface area contributed by atoms with Crippen molar-refractivity contribution in [1.29, 1.82) is 0 Å². The van der Waals surface area contributed by atoms with E-state index >= 15 is 0 Å². The van der Waals surface area contributed by atoms with Gasteiger partial charge < -0.3 is 5.32 Å². The molecular formula is C12H13ClFNO3S. The van der Waals surface area contributed by atoms with E-state index in [0.29, 0.717) is 6.54 Å². The lowest BCUT2D eigenvalue weighted by Gasteiger charge is -2.10. The highest BCUT2D eigenvalue weighted by molar-refractivity contribution is 8.13. The van der Waals surface area contributed by atoms with E-state index < -0.39 is 25.7 Å². The smallest absolute Gasteiger partial charge is 0.264 e. The minimum atomic E-state index is -4.20. The zero-order valence-electron chi connectivity index (χ0n) is 10.2. The maximum atomic E-state index is 13.3. The second kappa shape index (κ2) is 4.76. The van der Waals surface area contributed by atoms with E-state index in [1.165, 1.54) is 6.07 Å². The Labute approximate surface area is 115 Å². The van der Waals surface area contributed by atoms with Gasteiger partial charge in [0.05, 0.1) is 0 Å². The quantitative estimate of drug-likeness (QED) is 0.868. The summed E-state index contributed by atoms with van der Waals surface area (Å²) < 4.78 is 35.6. The Balaban J connectivity index is 2.18. The third-order valence-corrected chi connectivity index (χ3v) is 4.57. The molecule has 104 valence electrons. The average molecular weight is 306 g/mol. The van der Waals surface area contributed by atoms with Crippen LogP contribution >= 0.6 is 10.7 Å². The molecule has 0 saturated heterocycles. The molecule has 1 aromatic carbocycles. The Morgan fingerprint density at radius 2 is 2.11 bits per heavy atom.